The van der Waals surface area contributed by atoms with Gasteiger partial charge in [0.2, 0.25) is 0 Å². The van der Waals surface area contributed by atoms with Crippen LogP contribution in [0.5, 0.6) is 0 Å². The zero-order valence-corrected chi connectivity index (χ0v) is 9.17. The highest BCUT2D eigenvalue weighted by Gasteiger charge is 2.19. The quantitative estimate of drug-likeness (QED) is 0.610. The summed E-state index contributed by atoms with van der Waals surface area (Å²) < 4.78 is 10.8. The molecule has 1 heterocycles. The third-order valence-electron chi connectivity index (χ3n) is 1.61. The van der Waals surface area contributed by atoms with Gasteiger partial charge < -0.3 is 9.31 Å². The van der Waals surface area contributed by atoms with Crippen molar-refractivity contribution in [1.29, 1.82) is 0 Å². The van der Waals surface area contributed by atoms with Crippen molar-refractivity contribution in [2.75, 3.05) is 13.2 Å². The van der Waals surface area contributed by atoms with Gasteiger partial charge in [-0.1, -0.05) is 25.6 Å². The summed E-state index contributed by atoms with van der Waals surface area (Å²) in [4.78, 5) is 0. The molecule has 0 bridgehead atoms. The molecular formula is C8H17BO2Si. The third kappa shape index (κ3) is 4.09. The van der Waals surface area contributed by atoms with Crippen molar-refractivity contribution in [3.05, 3.63) is 11.7 Å². The van der Waals surface area contributed by atoms with Crippen LogP contribution in [0.25, 0.3) is 0 Å². The largest absolute Gasteiger partial charge is 0.485 e. The maximum atomic E-state index is 5.39. The second kappa shape index (κ2) is 4.26. The van der Waals surface area contributed by atoms with Crippen LogP contribution < -0.4 is 0 Å². The summed E-state index contributed by atoms with van der Waals surface area (Å²) in [6.45, 7) is 8.56. The monoisotopic (exact) mass is 184 g/mol. The van der Waals surface area contributed by atoms with Crippen LogP contribution in [0.2, 0.25) is 19.6 Å². The van der Waals surface area contributed by atoms with Crippen molar-refractivity contribution < 1.29 is 9.31 Å². The first-order valence-electron chi connectivity index (χ1n) is 4.50. The van der Waals surface area contributed by atoms with Crippen molar-refractivity contribution in [2.24, 2.45) is 0 Å². The van der Waals surface area contributed by atoms with E-state index in [2.05, 4.69) is 31.3 Å². The molecule has 0 saturated carbocycles. The Labute approximate surface area is 76.1 Å². The summed E-state index contributed by atoms with van der Waals surface area (Å²) in [5.74, 6) is 2.06. The number of hydrogen-bond acceptors (Lipinski definition) is 2. The Morgan fingerprint density at radius 1 is 1.17 bits per heavy atom. The van der Waals surface area contributed by atoms with Crippen LogP contribution in [-0.2, 0) is 9.31 Å². The third-order valence-corrected chi connectivity index (χ3v) is 2.80. The van der Waals surface area contributed by atoms with Gasteiger partial charge in [0, 0.05) is 13.2 Å². The SMILES string of the molecule is C[Si](C)(C)/C=C/B1OCCCO1. The van der Waals surface area contributed by atoms with Gasteiger partial charge in [-0.25, -0.2) is 0 Å². The van der Waals surface area contributed by atoms with Crippen molar-refractivity contribution in [3.63, 3.8) is 0 Å². The average molecular weight is 184 g/mol. The summed E-state index contributed by atoms with van der Waals surface area (Å²) in [6, 6.07) is 0. The molecule has 1 saturated heterocycles. The van der Waals surface area contributed by atoms with Crippen LogP contribution >= 0.6 is 0 Å². The molecule has 0 atom stereocenters. The van der Waals surface area contributed by atoms with E-state index in [-0.39, 0.29) is 7.12 Å². The molecule has 0 radical (unpaired) electrons. The van der Waals surface area contributed by atoms with Gasteiger partial charge in [-0.2, -0.15) is 0 Å². The minimum atomic E-state index is -1.08. The molecular weight excluding hydrogens is 167 g/mol. The van der Waals surface area contributed by atoms with E-state index in [1.54, 1.807) is 0 Å². The van der Waals surface area contributed by atoms with Gasteiger partial charge >= 0.3 is 7.12 Å². The van der Waals surface area contributed by atoms with Crippen LogP contribution in [-0.4, -0.2) is 28.4 Å². The minimum Gasteiger partial charge on any atom is -0.408 e. The fourth-order valence-electron chi connectivity index (χ4n) is 0.984. The molecule has 0 aromatic carbocycles. The molecule has 1 fully saturated rings. The van der Waals surface area contributed by atoms with Gasteiger partial charge in [-0.05, 0) is 6.42 Å². The van der Waals surface area contributed by atoms with E-state index in [9.17, 15) is 0 Å². The fraction of sp³-hybridized carbons (Fsp3) is 0.750. The maximum absolute atomic E-state index is 5.39. The van der Waals surface area contributed by atoms with E-state index >= 15 is 0 Å². The number of rotatable bonds is 2. The lowest BCUT2D eigenvalue weighted by Crippen LogP contribution is -2.29. The Morgan fingerprint density at radius 3 is 2.25 bits per heavy atom. The van der Waals surface area contributed by atoms with Gasteiger partial charge in [0.15, 0.2) is 0 Å². The minimum absolute atomic E-state index is 0.0783. The summed E-state index contributed by atoms with van der Waals surface area (Å²) >= 11 is 0. The predicted molar refractivity (Wildman–Crippen MR) is 54.8 cm³/mol. The van der Waals surface area contributed by atoms with Gasteiger partial charge in [-0.3, -0.25) is 0 Å². The zero-order chi connectivity index (χ0) is 9.03. The van der Waals surface area contributed by atoms with Gasteiger partial charge in [0.25, 0.3) is 0 Å². The van der Waals surface area contributed by atoms with Crippen LogP contribution in [0.3, 0.4) is 0 Å². The molecule has 0 spiro atoms. The zero-order valence-electron chi connectivity index (χ0n) is 8.17. The van der Waals surface area contributed by atoms with E-state index in [0.29, 0.717) is 0 Å². The summed E-state index contributed by atoms with van der Waals surface area (Å²) in [6.07, 6.45) is 1.03. The lowest BCUT2D eigenvalue weighted by atomic mass is 9.90. The molecule has 0 aliphatic carbocycles. The Kier molecular flexibility index (Phi) is 3.56. The molecule has 4 heteroatoms. The molecule has 1 aliphatic rings. The predicted octanol–water partition coefficient (Wildman–Crippen LogP) is 1.88. The van der Waals surface area contributed by atoms with E-state index in [0.717, 1.165) is 19.6 Å². The van der Waals surface area contributed by atoms with Gasteiger partial charge in [0.05, 0.1) is 8.07 Å². The Bertz CT molecular complexity index is 159. The summed E-state index contributed by atoms with van der Waals surface area (Å²) in [7, 11) is -1.16. The lowest BCUT2D eigenvalue weighted by molar-refractivity contribution is 0.142. The standard InChI is InChI=1S/C8H17BO2Si/c1-12(2,3)8-5-9-10-6-4-7-11-9/h5,8H,4,6-7H2,1-3H3/b8-5+. The molecule has 0 unspecified atom stereocenters. The van der Waals surface area contributed by atoms with E-state index in [1.807, 2.05) is 0 Å². The van der Waals surface area contributed by atoms with Crippen LogP contribution in [0.4, 0.5) is 0 Å². The molecule has 1 aliphatic heterocycles. The first kappa shape index (κ1) is 10.0. The second-order valence-corrected chi connectivity index (χ2v) is 9.25. The Morgan fingerprint density at radius 2 is 1.75 bits per heavy atom. The molecule has 0 N–H and O–H groups in total. The second-order valence-electron chi connectivity index (χ2n) is 4.19. The molecule has 0 aromatic heterocycles. The van der Waals surface area contributed by atoms with E-state index in [1.165, 1.54) is 0 Å². The van der Waals surface area contributed by atoms with E-state index < -0.39 is 8.07 Å². The van der Waals surface area contributed by atoms with Crippen LogP contribution in [0.1, 0.15) is 6.42 Å². The van der Waals surface area contributed by atoms with Crippen molar-refractivity contribution in [2.45, 2.75) is 26.1 Å². The first-order valence-corrected chi connectivity index (χ1v) is 8.08. The van der Waals surface area contributed by atoms with Crippen molar-refractivity contribution >= 4 is 15.2 Å². The van der Waals surface area contributed by atoms with E-state index in [4.69, 9.17) is 9.31 Å². The van der Waals surface area contributed by atoms with Crippen LogP contribution in [0.15, 0.2) is 11.7 Å². The fourth-order valence-corrected chi connectivity index (χ4v) is 1.72. The highest BCUT2D eigenvalue weighted by molar-refractivity contribution is 6.81. The summed E-state index contributed by atoms with van der Waals surface area (Å²) in [5.41, 5.74) is 2.27. The maximum Gasteiger partial charge on any atom is 0.485 e. The Hall–Kier alpha value is -0.0582. The van der Waals surface area contributed by atoms with Crippen molar-refractivity contribution in [1.82, 2.24) is 0 Å². The van der Waals surface area contributed by atoms with Gasteiger partial charge in [0.1, 0.15) is 0 Å². The summed E-state index contributed by atoms with van der Waals surface area (Å²) in [5, 5.41) is 0. The topological polar surface area (TPSA) is 18.5 Å². The van der Waals surface area contributed by atoms with Gasteiger partial charge in [-0.15, -0.1) is 5.70 Å². The molecule has 12 heavy (non-hydrogen) atoms. The van der Waals surface area contributed by atoms with Crippen molar-refractivity contribution in [3.8, 4) is 0 Å². The normalized spacial score (nSPS) is 20.4. The Balaban J connectivity index is 2.33. The smallest absolute Gasteiger partial charge is 0.408 e. The molecule has 0 aromatic rings. The van der Waals surface area contributed by atoms with Crippen LogP contribution in [0, 0.1) is 0 Å². The average Bonchev–Trinajstić information content (AvgIpc) is 2.02. The first-order chi connectivity index (χ1) is 5.58. The molecule has 0 amide bonds. The highest BCUT2D eigenvalue weighted by Crippen LogP contribution is 2.06. The lowest BCUT2D eigenvalue weighted by Gasteiger charge is -2.18. The number of hydrogen-bond donors (Lipinski definition) is 0. The molecule has 68 valence electrons. The highest BCUT2D eigenvalue weighted by atomic mass is 28.3. The molecule has 1 rings (SSSR count). The molecule has 2 nitrogen and oxygen atoms in total.